The molecule has 1 aromatic heterocycles. The van der Waals surface area contributed by atoms with Crippen molar-refractivity contribution >= 4 is 27.7 Å². The summed E-state index contributed by atoms with van der Waals surface area (Å²) in [6.45, 7) is 0.891. The second-order valence-electron chi connectivity index (χ2n) is 3.74. The highest BCUT2D eigenvalue weighted by molar-refractivity contribution is 9.10. The second kappa shape index (κ2) is 5.87. The molecule has 1 N–H and O–H groups in total. The molecule has 0 aliphatic carbocycles. The Morgan fingerprint density at radius 1 is 1.40 bits per heavy atom. The zero-order valence-electron chi connectivity index (χ0n) is 8.58. The third-order valence-corrected chi connectivity index (χ3v) is 4.10. The lowest BCUT2D eigenvalue weighted by Crippen LogP contribution is -2.32. The maximum atomic E-state index is 4.35. The highest BCUT2D eigenvalue weighted by Gasteiger charge is 2.12. The van der Waals surface area contributed by atoms with Gasteiger partial charge in [-0.05, 0) is 52.4 Å². The monoisotopic (exact) mass is 286 g/mol. The lowest BCUT2D eigenvalue weighted by molar-refractivity contribution is 0.478. The summed E-state index contributed by atoms with van der Waals surface area (Å²) >= 11 is 5.45. The standard InChI is InChI=1S/C11H15BrN2S/c12-9-1-2-11(13-7-9)8-14-10-3-5-15-6-4-10/h1-2,7,10,14H,3-6,8H2. The van der Waals surface area contributed by atoms with Crippen LogP contribution >= 0.6 is 27.7 Å². The van der Waals surface area contributed by atoms with Gasteiger partial charge in [-0.25, -0.2) is 0 Å². The number of halogens is 1. The maximum Gasteiger partial charge on any atom is 0.0542 e. The van der Waals surface area contributed by atoms with Gasteiger partial charge in [0.2, 0.25) is 0 Å². The molecule has 1 fully saturated rings. The Morgan fingerprint density at radius 2 is 2.20 bits per heavy atom. The highest BCUT2D eigenvalue weighted by atomic mass is 79.9. The molecule has 4 heteroatoms. The molecule has 0 saturated carbocycles. The molecule has 2 nitrogen and oxygen atoms in total. The molecule has 0 amide bonds. The van der Waals surface area contributed by atoms with Crippen LogP contribution in [-0.2, 0) is 6.54 Å². The zero-order chi connectivity index (χ0) is 10.5. The van der Waals surface area contributed by atoms with Crippen LogP contribution in [0, 0.1) is 0 Å². The van der Waals surface area contributed by atoms with Crippen molar-refractivity contribution in [2.75, 3.05) is 11.5 Å². The van der Waals surface area contributed by atoms with Crippen LogP contribution in [0.2, 0.25) is 0 Å². The molecule has 15 heavy (non-hydrogen) atoms. The van der Waals surface area contributed by atoms with Gasteiger partial charge in [-0.15, -0.1) is 0 Å². The first-order chi connectivity index (χ1) is 7.34. The molecule has 1 saturated heterocycles. The average Bonchev–Trinajstić information content (AvgIpc) is 2.30. The maximum absolute atomic E-state index is 4.35. The summed E-state index contributed by atoms with van der Waals surface area (Å²) in [6.07, 6.45) is 4.44. The molecule has 2 heterocycles. The normalized spacial score (nSPS) is 17.9. The fourth-order valence-electron chi connectivity index (χ4n) is 1.66. The van der Waals surface area contributed by atoms with Crippen molar-refractivity contribution in [3.8, 4) is 0 Å². The largest absolute Gasteiger partial charge is 0.308 e. The summed E-state index contributed by atoms with van der Waals surface area (Å²) in [5.41, 5.74) is 1.12. The van der Waals surface area contributed by atoms with Gasteiger partial charge in [0.05, 0.1) is 5.69 Å². The van der Waals surface area contributed by atoms with E-state index in [2.05, 4.69) is 44.1 Å². The summed E-state index contributed by atoms with van der Waals surface area (Å²) in [4.78, 5) is 4.35. The van der Waals surface area contributed by atoms with E-state index in [-0.39, 0.29) is 0 Å². The molecule has 0 aromatic carbocycles. The van der Waals surface area contributed by atoms with E-state index in [0.717, 1.165) is 16.7 Å². The molecule has 0 atom stereocenters. The van der Waals surface area contributed by atoms with Gasteiger partial charge in [0, 0.05) is 23.3 Å². The van der Waals surface area contributed by atoms with E-state index in [9.17, 15) is 0 Å². The number of hydrogen-bond donors (Lipinski definition) is 1. The van der Waals surface area contributed by atoms with Crippen molar-refractivity contribution in [1.82, 2.24) is 10.3 Å². The van der Waals surface area contributed by atoms with Crippen molar-refractivity contribution in [2.45, 2.75) is 25.4 Å². The van der Waals surface area contributed by atoms with Crippen molar-refractivity contribution in [3.63, 3.8) is 0 Å². The van der Waals surface area contributed by atoms with Crippen LogP contribution in [0.25, 0.3) is 0 Å². The van der Waals surface area contributed by atoms with E-state index in [0.29, 0.717) is 6.04 Å². The van der Waals surface area contributed by atoms with Crippen LogP contribution in [0.3, 0.4) is 0 Å². The smallest absolute Gasteiger partial charge is 0.0542 e. The molecule has 0 spiro atoms. The van der Waals surface area contributed by atoms with E-state index in [1.165, 1.54) is 24.3 Å². The third-order valence-electron chi connectivity index (χ3n) is 2.58. The molecule has 0 unspecified atom stereocenters. The van der Waals surface area contributed by atoms with Crippen molar-refractivity contribution < 1.29 is 0 Å². The van der Waals surface area contributed by atoms with Gasteiger partial charge < -0.3 is 5.32 Å². The Labute approximate surface area is 103 Å². The Balaban J connectivity index is 1.79. The Bertz CT molecular complexity index is 296. The van der Waals surface area contributed by atoms with E-state index in [4.69, 9.17) is 0 Å². The van der Waals surface area contributed by atoms with Crippen LogP contribution in [0.4, 0.5) is 0 Å². The van der Waals surface area contributed by atoms with Gasteiger partial charge in [0.15, 0.2) is 0 Å². The molecule has 1 aromatic rings. The predicted molar refractivity (Wildman–Crippen MR) is 69.1 cm³/mol. The lowest BCUT2D eigenvalue weighted by atomic mass is 10.1. The van der Waals surface area contributed by atoms with E-state index in [1.54, 1.807) is 0 Å². The fraction of sp³-hybridized carbons (Fsp3) is 0.545. The summed E-state index contributed by atoms with van der Waals surface area (Å²) in [5.74, 6) is 2.59. The van der Waals surface area contributed by atoms with Gasteiger partial charge >= 0.3 is 0 Å². The Hall–Kier alpha value is -0.0600. The first-order valence-corrected chi connectivity index (χ1v) is 7.21. The number of thioether (sulfide) groups is 1. The van der Waals surface area contributed by atoms with E-state index >= 15 is 0 Å². The van der Waals surface area contributed by atoms with Crippen molar-refractivity contribution in [3.05, 3.63) is 28.5 Å². The molecule has 0 bridgehead atoms. The summed E-state index contributed by atoms with van der Waals surface area (Å²) < 4.78 is 1.04. The number of pyridine rings is 1. The van der Waals surface area contributed by atoms with Gasteiger partial charge in [-0.3, -0.25) is 4.98 Å². The minimum Gasteiger partial charge on any atom is -0.308 e. The van der Waals surface area contributed by atoms with E-state index in [1.807, 2.05) is 12.3 Å². The van der Waals surface area contributed by atoms with Crippen LogP contribution < -0.4 is 5.32 Å². The van der Waals surface area contributed by atoms with Crippen LogP contribution in [0.15, 0.2) is 22.8 Å². The van der Waals surface area contributed by atoms with E-state index < -0.39 is 0 Å². The minimum atomic E-state index is 0.691. The van der Waals surface area contributed by atoms with Gasteiger partial charge in [-0.2, -0.15) is 11.8 Å². The summed E-state index contributed by atoms with van der Waals surface area (Å²) in [5, 5.41) is 3.57. The SMILES string of the molecule is Brc1ccc(CNC2CCSCC2)nc1. The number of hydrogen-bond acceptors (Lipinski definition) is 3. The van der Waals surface area contributed by atoms with Gasteiger partial charge in [0.25, 0.3) is 0 Å². The molecule has 1 aliphatic rings. The molecule has 0 radical (unpaired) electrons. The number of aromatic nitrogens is 1. The van der Waals surface area contributed by atoms with Crippen LogP contribution in [0.5, 0.6) is 0 Å². The molecular formula is C11H15BrN2S. The second-order valence-corrected chi connectivity index (χ2v) is 5.88. The first-order valence-electron chi connectivity index (χ1n) is 5.26. The molecule has 82 valence electrons. The summed E-state index contributed by atoms with van der Waals surface area (Å²) in [6, 6.07) is 4.80. The van der Waals surface area contributed by atoms with Gasteiger partial charge in [-0.1, -0.05) is 0 Å². The number of nitrogens with zero attached hydrogens (tertiary/aromatic N) is 1. The molecular weight excluding hydrogens is 272 g/mol. The molecule has 2 rings (SSSR count). The summed E-state index contributed by atoms with van der Waals surface area (Å²) in [7, 11) is 0. The van der Waals surface area contributed by atoms with Crippen LogP contribution in [0.1, 0.15) is 18.5 Å². The zero-order valence-corrected chi connectivity index (χ0v) is 11.0. The number of rotatable bonds is 3. The Morgan fingerprint density at radius 3 is 2.87 bits per heavy atom. The minimum absolute atomic E-state index is 0.691. The first kappa shape index (κ1) is 11.4. The third kappa shape index (κ3) is 3.78. The van der Waals surface area contributed by atoms with Crippen LogP contribution in [-0.4, -0.2) is 22.5 Å². The topological polar surface area (TPSA) is 24.9 Å². The lowest BCUT2D eigenvalue weighted by Gasteiger charge is -2.22. The van der Waals surface area contributed by atoms with Gasteiger partial charge in [0.1, 0.15) is 0 Å². The highest BCUT2D eigenvalue weighted by Crippen LogP contribution is 2.17. The fourth-order valence-corrected chi connectivity index (χ4v) is 3.00. The quantitative estimate of drug-likeness (QED) is 0.925. The predicted octanol–water partition coefficient (Wildman–Crippen LogP) is 2.83. The number of nitrogens with one attached hydrogen (secondary N) is 1. The van der Waals surface area contributed by atoms with Crippen molar-refractivity contribution in [2.24, 2.45) is 0 Å². The Kier molecular flexibility index (Phi) is 4.47. The average molecular weight is 287 g/mol. The molecule has 1 aliphatic heterocycles. The van der Waals surface area contributed by atoms with Crippen molar-refractivity contribution in [1.29, 1.82) is 0 Å².